The first-order valence-corrected chi connectivity index (χ1v) is 13.2. The van der Waals surface area contributed by atoms with Gasteiger partial charge in [-0.3, -0.25) is 4.55 Å². The third-order valence-electron chi connectivity index (χ3n) is 5.50. The summed E-state index contributed by atoms with van der Waals surface area (Å²) in [4.78, 5) is 4.39. The fraction of sp³-hybridized carbons (Fsp3) is 0.909. The maximum absolute atomic E-state index is 10.7. The molecule has 0 spiro atoms. The summed E-state index contributed by atoms with van der Waals surface area (Å²) >= 11 is 0. The van der Waals surface area contributed by atoms with Crippen molar-refractivity contribution in [2.75, 3.05) is 25.5 Å². The maximum Gasteiger partial charge on any atom is 0.264 e. The largest absolute Gasteiger partial charge is 0.359 e. The molecule has 1 aliphatic rings. The van der Waals surface area contributed by atoms with Crippen LogP contribution in [0.2, 0.25) is 0 Å². The van der Waals surface area contributed by atoms with Gasteiger partial charge >= 0.3 is 0 Å². The molecule has 0 atom stereocenters. The number of hydrogen-bond acceptors (Lipinski definition) is 4. The molecule has 0 unspecified atom stereocenters. The molecule has 0 saturated carbocycles. The van der Waals surface area contributed by atoms with Crippen molar-refractivity contribution in [2.45, 2.75) is 103 Å². The van der Waals surface area contributed by atoms with Crippen LogP contribution in [0, 0.1) is 0 Å². The Kier molecular flexibility index (Phi) is 14.5. The molecular weight excluding hydrogens is 372 g/mol. The molecule has 28 heavy (non-hydrogen) atoms. The Morgan fingerprint density at radius 2 is 1.07 bits per heavy atom. The number of unbranched alkanes of at least 4 members (excludes halogenated alkanes) is 13. The van der Waals surface area contributed by atoms with E-state index >= 15 is 0 Å². The summed E-state index contributed by atoms with van der Waals surface area (Å²) in [5.74, 6) is -0.156. The summed E-state index contributed by atoms with van der Waals surface area (Å²) in [5.41, 5.74) is 0. The van der Waals surface area contributed by atoms with E-state index in [0.717, 1.165) is 13.2 Å². The number of rotatable bonds is 19. The summed E-state index contributed by atoms with van der Waals surface area (Å²) in [6, 6.07) is 0. The molecule has 0 aromatic rings. The average Bonchev–Trinajstić information content (AvgIpc) is 3.08. The molecule has 0 fully saturated rings. The van der Waals surface area contributed by atoms with Crippen LogP contribution in [0.25, 0.3) is 0 Å². The van der Waals surface area contributed by atoms with Crippen molar-refractivity contribution in [3.8, 4) is 0 Å². The topological polar surface area (TPSA) is 60.9 Å². The van der Waals surface area contributed by atoms with Crippen LogP contribution in [-0.4, -0.2) is 48.3 Å². The first-order valence-electron chi connectivity index (χ1n) is 11.6. The summed E-state index contributed by atoms with van der Waals surface area (Å²) in [7, 11) is -3.83. The zero-order chi connectivity index (χ0) is 20.5. The van der Waals surface area contributed by atoms with E-state index in [9.17, 15) is 8.42 Å². The zero-order valence-electron chi connectivity index (χ0n) is 18.2. The number of nitrogens with zero attached hydrogens (tertiary/aromatic N) is 2. The van der Waals surface area contributed by atoms with Crippen LogP contribution >= 0.6 is 0 Å². The van der Waals surface area contributed by atoms with E-state index in [1.165, 1.54) is 89.9 Å². The van der Waals surface area contributed by atoms with Crippen molar-refractivity contribution in [1.82, 2.24) is 9.80 Å². The summed E-state index contributed by atoms with van der Waals surface area (Å²) in [6.45, 7) is 4.86. The third kappa shape index (κ3) is 15.2. The molecule has 6 heteroatoms. The molecular formula is C22H44N2O3S. The molecule has 5 nitrogen and oxygen atoms in total. The minimum atomic E-state index is -3.83. The van der Waals surface area contributed by atoms with Crippen LogP contribution in [0.3, 0.4) is 0 Å². The van der Waals surface area contributed by atoms with Gasteiger partial charge in [0.2, 0.25) is 0 Å². The molecule has 1 aliphatic heterocycles. The molecule has 0 aliphatic carbocycles. The van der Waals surface area contributed by atoms with E-state index in [4.69, 9.17) is 4.55 Å². The molecule has 0 saturated heterocycles. The lowest BCUT2D eigenvalue weighted by Crippen LogP contribution is -2.27. The summed E-state index contributed by atoms with van der Waals surface area (Å²) < 4.78 is 30.2. The highest BCUT2D eigenvalue weighted by molar-refractivity contribution is 7.85. The van der Waals surface area contributed by atoms with Gasteiger partial charge in [0.25, 0.3) is 10.1 Å². The molecule has 0 radical (unpaired) electrons. The predicted molar refractivity (Wildman–Crippen MR) is 119 cm³/mol. The highest BCUT2D eigenvalue weighted by atomic mass is 32.2. The highest BCUT2D eigenvalue weighted by Crippen LogP contribution is 2.14. The minimum Gasteiger partial charge on any atom is -0.359 e. The van der Waals surface area contributed by atoms with E-state index < -0.39 is 10.1 Å². The van der Waals surface area contributed by atoms with Crippen molar-refractivity contribution in [3.05, 3.63) is 12.4 Å². The second kappa shape index (κ2) is 16.1. The third-order valence-corrected chi connectivity index (χ3v) is 6.30. The van der Waals surface area contributed by atoms with E-state index in [0.29, 0.717) is 13.0 Å². The van der Waals surface area contributed by atoms with Crippen molar-refractivity contribution >= 4 is 10.1 Å². The fourth-order valence-corrected chi connectivity index (χ4v) is 4.26. The first kappa shape index (κ1) is 25.3. The van der Waals surface area contributed by atoms with Gasteiger partial charge < -0.3 is 9.80 Å². The average molecular weight is 417 g/mol. The van der Waals surface area contributed by atoms with Crippen LogP contribution < -0.4 is 0 Å². The Balaban J connectivity index is 1.81. The van der Waals surface area contributed by atoms with Gasteiger partial charge in [-0.2, -0.15) is 8.42 Å². The fourth-order valence-electron chi connectivity index (χ4n) is 3.77. The van der Waals surface area contributed by atoms with Crippen molar-refractivity contribution < 1.29 is 13.0 Å². The van der Waals surface area contributed by atoms with Crippen LogP contribution in [0.4, 0.5) is 0 Å². The van der Waals surface area contributed by atoms with E-state index in [1.54, 1.807) is 0 Å². The summed E-state index contributed by atoms with van der Waals surface area (Å²) in [5, 5.41) is 0. The Labute approximate surface area is 174 Å². The van der Waals surface area contributed by atoms with Gasteiger partial charge in [-0.1, -0.05) is 90.4 Å². The quantitative estimate of drug-likeness (QED) is 0.213. The van der Waals surface area contributed by atoms with Gasteiger partial charge in [0, 0.05) is 25.5 Å². The SMILES string of the molecule is CCCCCCCCCCCCCCCCN1C=CN(CCCS(=O)(=O)O)C1. The zero-order valence-corrected chi connectivity index (χ0v) is 19.0. The summed E-state index contributed by atoms with van der Waals surface area (Å²) in [6.07, 6.45) is 23.9. The van der Waals surface area contributed by atoms with Crippen molar-refractivity contribution in [1.29, 1.82) is 0 Å². The van der Waals surface area contributed by atoms with E-state index in [-0.39, 0.29) is 5.75 Å². The lowest BCUT2D eigenvalue weighted by molar-refractivity contribution is 0.261. The maximum atomic E-state index is 10.7. The molecule has 166 valence electrons. The molecule has 1 heterocycles. The van der Waals surface area contributed by atoms with Crippen LogP contribution in [0.5, 0.6) is 0 Å². The second-order valence-corrected chi connectivity index (χ2v) is 9.87. The van der Waals surface area contributed by atoms with Gasteiger partial charge in [-0.25, -0.2) is 0 Å². The lowest BCUT2D eigenvalue weighted by atomic mass is 10.0. The van der Waals surface area contributed by atoms with Crippen LogP contribution in [0.15, 0.2) is 12.4 Å². The highest BCUT2D eigenvalue weighted by Gasteiger charge is 2.12. The molecule has 1 rings (SSSR count). The Morgan fingerprint density at radius 3 is 1.50 bits per heavy atom. The van der Waals surface area contributed by atoms with E-state index in [1.807, 2.05) is 6.20 Å². The smallest absolute Gasteiger partial charge is 0.264 e. The monoisotopic (exact) mass is 416 g/mol. The Morgan fingerprint density at radius 1 is 0.679 bits per heavy atom. The predicted octanol–water partition coefficient (Wildman–Crippen LogP) is 5.79. The van der Waals surface area contributed by atoms with Gasteiger partial charge in [-0.05, 0) is 12.8 Å². The lowest BCUT2D eigenvalue weighted by Gasteiger charge is -2.21. The first-order chi connectivity index (χ1) is 13.5. The number of hydrogen-bond donors (Lipinski definition) is 1. The van der Waals surface area contributed by atoms with Gasteiger partial charge in [0.05, 0.1) is 12.4 Å². The Hall–Kier alpha value is -0.750. The molecule has 0 aromatic carbocycles. The Bertz CT molecular complexity index is 494. The van der Waals surface area contributed by atoms with Gasteiger partial charge in [0.1, 0.15) is 0 Å². The minimum absolute atomic E-state index is 0.156. The standard InChI is InChI=1S/C22H44N2O3S/c1-2-3-4-5-6-7-8-9-10-11-12-13-14-15-17-23-19-20-24(22-23)18-16-21-28(25,26)27/h19-20H,2-18,21-22H2,1H3,(H,25,26,27). The molecule has 0 amide bonds. The molecule has 0 bridgehead atoms. The van der Waals surface area contributed by atoms with E-state index in [2.05, 4.69) is 22.9 Å². The molecule has 1 N–H and O–H groups in total. The van der Waals surface area contributed by atoms with Gasteiger partial charge in [0.15, 0.2) is 0 Å². The van der Waals surface area contributed by atoms with Crippen molar-refractivity contribution in [2.24, 2.45) is 0 Å². The van der Waals surface area contributed by atoms with Gasteiger partial charge in [-0.15, -0.1) is 0 Å². The normalized spacial score (nSPS) is 14.4. The second-order valence-electron chi connectivity index (χ2n) is 8.30. The molecule has 0 aromatic heterocycles. The van der Waals surface area contributed by atoms with Crippen LogP contribution in [-0.2, 0) is 10.1 Å². The van der Waals surface area contributed by atoms with Crippen LogP contribution in [0.1, 0.15) is 103 Å². The van der Waals surface area contributed by atoms with Crippen molar-refractivity contribution in [3.63, 3.8) is 0 Å².